The second-order valence-electron chi connectivity index (χ2n) is 10.3. The molecule has 0 bridgehead atoms. The van der Waals surface area contributed by atoms with Gasteiger partial charge in [0.05, 0.1) is 6.33 Å². The third-order valence-electron chi connectivity index (χ3n) is 7.63. The minimum Gasteiger partial charge on any atom is -0.464 e. The molecule has 0 aliphatic carbocycles. The van der Waals surface area contributed by atoms with Crippen LogP contribution in [0, 0.1) is 5.41 Å². The first-order valence-corrected chi connectivity index (χ1v) is 14.2. The number of hydrogen-bond donors (Lipinski definition) is 0. The molecule has 2 rings (SSSR count). The van der Waals surface area contributed by atoms with Gasteiger partial charge >= 0.3 is 11.9 Å². The van der Waals surface area contributed by atoms with Crippen molar-refractivity contribution in [3.05, 3.63) is 18.2 Å². The number of halogens is 1. The highest BCUT2D eigenvalue weighted by Gasteiger charge is 2.62. The van der Waals surface area contributed by atoms with Crippen molar-refractivity contribution in [3.63, 3.8) is 0 Å². The first kappa shape index (κ1) is 29.7. The molecule has 0 radical (unpaired) electrons. The normalized spacial score (nSPS) is 21.9. The molecule has 2 atom stereocenters. The maximum absolute atomic E-state index is 12.7. The summed E-state index contributed by atoms with van der Waals surface area (Å²) in [5.41, 5.74) is -0.140. The van der Waals surface area contributed by atoms with Crippen LogP contribution in [0.1, 0.15) is 116 Å². The van der Waals surface area contributed by atoms with E-state index in [1.807, 2.05) is 18.5 Å². The molecule has 1 aromatic rings. The number of rotatable bonds is 19. The molecule has 35 heavy (non-hydrogen) atoms. The highest BCUT2D eigenvalue weighted by Crippen LogP contribution is 2.49. The van der Waals surface area contributed by atoms with Crippen LogP contribution in [0.3, 0.4) is 0 Å². The Bertz CT molecular complexity index is 768. The quantitative estimate of drug-likeness (QED) is 0.115. The summed E-state index contributed by atoms with van der Waals surface area (Å²) < 4.78 is 12.9. The van der Waals surface area contributed by atoms with E-state index in [-0.39, 0.29) is 25.2 Å². The molecule has 1 saturated heterocycles. The molecule has 0 N–H and O–H groups in total. The summed E-state index contributed by atoms with van der Waals surface area (Å²) in [6.45, 7) is 4.21. The van der Waals surface area contributed by atoms with Crippen LogP contribution < -0.4 is 0 Å². The smallest absolute Gasteiger partial charge is 0.317 e. The molecule has 200 valence electrons. The van der Waals surface area contributed by atoms with E-state index < -0.39 is 10.3 Å². The second kappa shape index (κ2) is 15.5. The summed E-state index contributed by atoms with van der Waals surface area (Å²) in [7, 11) is 1.89. The molecule has 1 aliphatic rings. The van der Waals surface area contributed by atoms with Gasteiger partial charge in [-0.25, -0.2) is 4.98 Å². The minimum absolute atomic E-state index is 0.0407. The Balaban J connectivity index is 1.63. The summed E-state index contributed by atoms with van der Waals surface area (Å²) >= 11 is 6.99. The van der Waals surface area contributed by atoms with E-state index in [0.29, 0.717) is 19.3 Å². The number of cyclic esters (lactones) is 1. The number of alkyl halides is 1. The zero-order valence-corrected chi connectivity index (χ0v) is 23.0. The van der Waals surface area contributed by atoms with Gasteiger partial charge in [-0.05, 0) is 12.8 Å². The molecule has 0 saturated carbocycles. The SMILES string of the molecule is CCCCCCCCCCCCCCCC(=O)OC[C@@]1(CC)C(=O)OC[C@@]1(Cl)Cc1cncn1C. The molecule has 1 aliphatic heterocycles. The third-order valence-corrected chi connectivity index (χ3v) is 8.23. The molecule has 0 aromatic carbocycles. The van der Waals surface area contributed by atoms with Gasteiger partial charge in [0.1, 0.15) is 23.5 Å². The summed E-state index contributed by atoms with van der Waals surface area (Å²) in [6.07, 6.45) is 21.1. The lowest BCUT2D eigenvalue weighted by atomic mass is 9.73. The Morgan fingerprint density at radius 1 is 1.03 bits per heavy atom. The highest BCUT2D eigenvalue weighted by molar-refractivity contribution is 6.27. The van der Waals surface area contributed by atoms with Crippen LogP contribution in [0.4, 0.5) is 0 Å². The molecule has 7 heteroatoms. The predicted molar refractivity (Wildman–Crippen MR) is 140 cm³/mol. The van der Waals surface area contributed by atoms with E-state index in [0.717, 1.165) is 25.0 Å². The topological polar surface area (TPSA) is 70.4 Å². The van der Waals surface area contributed by atoms with Crippen molar-refractivity contribution in [2.45, 2.75) is 121 Å². The maximum atomic E-state index is 12.7. The van der Waals surface area contributed by atoms with Gasteiger partial charge in [0.25, 0.3) is 0 Å². The van der Waals surface area contributed by atoms with Gasteiger partial charge in [-0.3, -0.25) is 9.59 Å². The van der Waals surface area contributed by atoms with Gasteiger partial charge in [0, 0.05) is 31.8 Å². The molecular formula is C28H47ClN2O4. The molecule has 2 heterocycles. The van der Waals surface area contributed by atoms with E-state index >= 15 is 0 Å². The van der Waals surface area contributed by atoms with Crippen LogP contribution >= 0.6 is 11.6 Å². The summed E-state index contributed by atoms with van der Waals surface area (Å²) in [4.78, 5) is 28.3. The molecule has 0 amide bonds. The zero-order valence-electron chi connectivity index (χ0n) is 22.3. The van der Waals surface area contributed by atoms with E-state index in [9.17, 15) is 9.59 Å². The van der Waals surface area contributed by atoms with Crippen LogP contribution in [0.15, 0.2) is 12.5 Å². The number of imidazole rings is 1. The first-order valence-electron chi connectivity index (χ1n) is 13.9. The summed E-state index contributed by atoms with van der Waals surface area (Å²) in [5, 5.41) is 0. The number of hydrogen-bond acceptors (Lipinski definition) is 5. The third kappa shape index (κ3) is 8.80. The Labute approximate surface area is 217 Å². The highest BCUT2D eigenvalue weighted by atomic mass is 35.5. The van der Waals surface area contributed by atoms with Crippen LogP contribution in [-0.4, -0.2) is 39.6 Å². The monoisotopic (exact) mass is 510 g/mol. The fraction of sp³-hybridized carbons (Fsp3) is 0.821. The van der Waals surface area contributed by atoms with Crippen molar-refractivity contribution in [2.75, 3.05) is 13.2 Å². The second-order valence-corrected chi connectivity index (χ2v) is 11.0. The van der Waals surface area contributed by atoms with E-state index in [1.165, 1.54) is 64.2 Å². The van der Waals surface area contributed by atoms with Gasteiger partial charge in [-0.2, -0.15) is 0 Å². The fourth-order valence-corrected chi connectivity index (χ4v) is 5.47. The Morgan fingerprint density at radius 3 is 2.11 bits per heavy atom. The lowest BCUT2D eigenvalue weighted by molar-refractivity contribution is -0.156. The van der Waals surface area contributed by atoms with Crippen molar-refractivity contribution in [1.29, 1.82) is 0 Å². The Morgan fingerprint density at radius 2 is 1.60 bits per heavy atom. The minimum atomic E-state index is -1.05. The summed E-state index contributed by atoms with van der Waals surface area (Å²) in [6, 6.07) is 0. The average molecular weight is 511 g/mol. The summed E-state index contributed by atoms with van der Waals surface area (Å²) in [5.74, 6) is -0.647. The predicted octanol–water partition coefficient (Wildman–Crippen LogP) is 6.92. The van der Waals surface area contributed by atoms with Gasteiger partial charge < -0.3 is 14.0 Å². The van der Waals surface area contributed by atoms with Crippen molar-refractivity contribution in [1.82, 2.24) is 9.55 Å². The zero-order chi connectivity index (χ0) is 25.6. The van der Waals surface area contributed by atoms with Crippen LogP contribution in [0.25, 0.3) is 0 Å². The molecule has 0 spiro atoms. The van der Waals surface area contributed by atoms with E-state index in [2.05, 4.69) is 11.9 Å². The lowest BCUT2D eigenvalue weighted by Gasteiger charge is -2.36. The Kier molecular flexibility index (Phi) is 13.2. The number of aromatic nitrogens is 2. The number of carbonyl (C=O) groups is 2. The van der Waals surface area contributed by atoms with Gasteiger partial charge in [0.2, 0.25) is 0 Å². The molecule has 0 unspecified atom stereocenters. The Hall–Kier alpha value is -1.56. The van der Waals surface area contributed by atoms with Crippen molar-refractivity contribution >= 4 is 23.5 Å². The van der Waals surface area contributed by atoms with Gasteiger partial charge in [0.15, 0.2) is 0 Å². The average Bonchev–Trinajstić information content (AvgIpc) is 3.35. The fourth-order valence-electron chi connectivity index (χ4n) is 5.02. The van der Waals surface area contributed by atoms with E-state index in [4.69, 9.17) is 21.1 Å². The molecule has 1 aromatic heterocycles. The van der Waals surface area contributed by atoms with Crippen molar-refractivity contribution < 1.29 is 19.1 Å². The van der Waals surface area contributed by atoms with Crippen LogP contribution in [0.5, 0.6) is 0 Å². The van der Waals surface area contributed by atoms with Gasteiger partial charge in [-0.1, -0.05) is 90.9 Å². The largest absolute Gasteiger partial charge is 0.464 e. The van der Waals surface area contributed by atoms with Gasteiger partial charge in [-0.15, -0.1) is 11.6 Å². The van der Waals surface area contributed by atoms with Crippen LogP contribution in [-0.2, 0) is 32.5 Å². The lowest BCUT2D eigenvalue weighted by Crippen LogP contribution is -2.50. The number of ether oxygens (including phenoxy) is 2. The number of nitrogens with zero attached hydrogens (tertiary/aromatic N) is 2. The standard InChI is InChI=1S/C28H47ClN2O4/c1-4-6-7-8-9-10-11-12-13-14-15-16-17-18-25(32)34-21-27(5-2)26(33)35-22-28(27,29)19-24-20-30-23-31(24)3/h20,23H,4-19,21-22H2,1-3H3/t27-,28-/m0/s1. The molecular weight excluding hydrogens is 464 g/mol. The number of unbranched alkanes of at least 4 members (excludes halogenated alkanes) is 12. The van der Waals surface area contributed by atoms with E-state index in [1.54, 1.807) is 12.5 Å². The number of esters is 2. The maximum Gasteiger partial charge on any atom is 0.317 e. The first-order chi connectivity index (χ1) is 16.9. The van der Waals surface area contributed by atoms with Crippen molar-refractivity contribution in [3.8, 4) is 0 Å². The number of aryl methyl sites for hydroxylation is 1. The molecule has 1 fully saturated rings. The van der Waals surface area contributed by atoms with Crippen molar-refractivity contribution in [2.24, 2.45) is 12.5 Å². The van der Waals surface area contributed by atoms with Crippen LogP contribution in [0.2, 0.25) is 0 Å². The molecule has 6 nitrogen and oxygen atoms in total. The number of carbonyl (C=O) groups excluding carboxylic acids is 2.